The Bertz CT molecular complexity index is 428. The molecule has 0 aromatic carbocycles. The predicted molar refractivity (Wildman–Crippen MR) is 47.8 cm³/mol. The molecule has 0 aliphatic rings. The van der Waals surface area contributed by atoms with Gasteiger partial charge in [-0.3, -0.25) is 0 Å². The lowest BCUT2D eigenvalue weighted by Crippen LogP contribution is -1.94. The number of aromatic nitrogens is 3. The molecule has 0 spiro atoms. The summed E-state index contributed by atoms with van der Waals surface area (Å²) in [5, 5.41) is 4.12. The van der Waals surface area contributed by atoms with Crippen molar-refractivity contribution >= 4 is 11.6 Å². The van der Waals surface area contributed by atoms with Gasteiger partial charge in [0.2, 0.25) is 0 Å². The highest BCUT2D eigenvalue weighted by Gasteiger charge is 2.00. The SMILES string of the molecule is C=Cc1nc(C)cn2nccc12. The standard InChI is InChI=1S/C9H9N3/c1-3-8-9-4-5-10-12(9)6-7(2)11-8/h3-6H,1H2,2H3. The highest BCUT2D eigenvalue weighted by Crippen LogP contribution is 2.09. The van der Waals surface area contributed by atoms with E-state index in [1.807, 2.05) is 19.2 Å². The number of hydrogen-bond acceptors (Lipinski definition) is 2. The van der Waals surface area contributed by atoms with Crippen molar-refractivity contribution in [1.82, 2.24) is 14.6 Å². The van der Waals surface area contributed by atoms with Gasteiger partial charge in [0.25, 0.3) is 0 Å². The van der Waals surface area contributed by atoms with Crippen LogP contribution >= 0.6 is 0 Å². The van der Waals surface area contributed by atoms with E-state index in [1.165, 1.54) is 0 Å². The third-order valence-corrected chi connectivity index (χ3v) is 1.73. The molecule has 2 aromatic heterocycles. The van der Waals surface area contributed by atoms with Crippen LogP contribution in [0.5, 0.6) is 0 Å². The van der Waals surface area contributed by atoms with E-state index in [4.69, 9.17) is 0 Å². The summed E-state index contributed by atoms with van der Waals surface area (Å²) in [4.78, 5) is 4.31. The molecular weight excluding hydrogens is 150 g/mol. The molecule has 3 heteroatoms. The van der Waals surface area contributed by atoms with Crippen LogP contribution in [0.3, 0.4) is 0 Å². The second-order valence-electron chi connectivity index (χ2n) is 2.63. The normalized spacial score (nSPS) is 10.4. The zero-order valence-corrected chi connectivity index (χ0v) is 6.86. The molecule has 0 aliphatic carbocycles. The fraction of sp³-hybridized carbons (Fsp3) is 0.111. The molecule has 0 radical (unpaired) electrons. The molecule has 3 nitrogen and oxygen atoms in total. The molecular formula is C9H9N3. The molecule has 0 N–H and O–H groups in total. The summed E-state index contributed by atoms with van der Waals surface area (Å²) in [7, 11) is 0. The molecule has 0 saturated heterocycles. The van der Waals surface area contributed by atoms with E-state index in [-0.39, 0.29) is 0 Å². The molecule has 0 bridgehead atoms. The molecule has 2 aromatic rings. The minimum absolute atomic E-state index is 0.882. The third kappa shape index (κ3) is 0.906. The Morgan fingerprint density at radius 2 is 2.42 bits per heavy atom. The van der Waals surface area contributed by atoms with Crippen molar-refractivity contribution in [3.8, 4) is 0 Å². The molecule has 0 atom stereocenters. The van der Waals surface area contributed by atoms with Gasteiger partial charge in [0.1, 0.15) is 0 Å². The Labute approximate surface area is 70.4 Å². The molecule has 0 unspecified atom stereocenters. The van der Waals surface area contributed by atoms with E-state index in [1.54, 1.807) is 16.8 Å². The Morgan fingerprint density at radius 3 is 3.17 bits per heavy atom. The van der Waals surface area contributed by atoms with Crippen LogP contribution in [0.1, 0.15) is 11.4 Å². The fourth-order valence-corrected chi connectivity index (χ4v) is 1.22. The molecule has 2 rings (SSSR count). The Balaban J connectivity index is 2.88. The molecule has 0 saturated carbocycles. The highest BCUT2D eigenvalue weighted by atomic mass is 15.2. The molecule has 2 heterocycles. The number of nitrogens with zero attached hydrogens (tertiary/aromatic N) is 3. The van der Waals surface area contributed by atoms with E-state index >= 15 is 0 Å². The first-order valence-corrected chi connectivity index (χ1v) is 3.74. The molecule has 60 valence electrons. The second-order valence-corrected chi connectivity index (χ2v) is 2.63. The van der Waals surface area contributed by atoms with Crippen molar-refractivity contribution in [2.75, 3.05) is 0 Å². The number of rotatable bonds is 1. The van der Waals surface area contributed by atoms with Gasteiger partial charge in [0.05, 0.1) is 29.3 Å². The maximum absolute atomic E-state index is 4.31. The van der Waals surface area contributed by atoms with Gasteiger partial charge < -0.3 is 0 Å². The van der Waals surface area contributed by atoms with Crippen LogP contribution in [0.2, 0.25) is 0 Å². The second kappa shape index (κ2) is 2.44. The summed E-state index contributed by atoms with van der Waals surface area (Å²) in [6, 6.07) is 1.92. The Morgan fingerprint density at radius 1 is 1.58 bits per heavy atom. The van der Waals surface area contributed by atoms with Gasteiger partial charge >= 0.3 is 0 Å². The third-order valence-electron chi connectivity index (χ3n) is 1.73. The molecule has 0 amide bonds. The average molecular weight is 159 g/mol. The van der Waals surface area contributed by atoms with Crippen molar-refractivity contribution < 1.29 is 0 Å². The van der Waals surface area contributed by atoms with E-state index in [0.29, 0.717) is 0 Å². The summed E-state index contributed by atoms with van der Waals surface area (Å²) in [5.41, 5.74) is 2.82. The maximum Gasteiger partial charge on any atom is 0.0918 e. The first kappa shape index (κ1) is 7.03. The number of aryl methyl sites for hydroxylation is 1. The Kier molecular flexibility index (Phi) is 1.43. The molecule has 0 aliphatic heterocycles. The lowest BCUT2D eigenvalue weighted by atomic mass is 10.3. The van der Waals surface area contributed by atoms with Crippen LogP contribution in [0.4, 0.5) is 0 Å². The predicted octanol–water partition coefficient (Wildman–Crippen LogP) is 1.68. The van der Waals surface area contributed by atoms with Gasteiger partial charge in [-0.15, -0.1) is 0 Å². The minimum atomic E-state index is 0.882. The minimum Gasteiger partial charge on any atom is -0.250 e. The van der Waals surface area contributed by atoms with Gasteiger partial charge in [0.15, 0.2) is 0 Å². The lowest BCUT2D eigenvalue weighted by Gasteiger charge is -1.98. The largest absolute Gasteiger partial charge is 0.250 e. The summed E-state index contributed by atoms with van der Waals surface area (Å²) in [5.74, 6) is 0. The Hall–Kier alpha value is -1.64. The van der Waals surface area contributed by atoms with Crippen LogP contribution in [-0.2, 0) is 0 Å². The van der Waals surface area contributed by atoms with E-state index in [9.17, 15) is 0 Å². The zero-order valence-electron chi connectivity index (χ0n) is 6.86. The van der Waals surface area contributed by atoms with Crippen molar-refractivity contribution in [3.05, 3.63) is 36.4 Å². The van der Waals surface area contributed by atoms with E-state index in [0.717, 1.165) is 16.9 Å². The zero-order chi connectivity index (χ0) is 8.55. The van der Waals surface area contributed by atoms with Crippen molar-refractivity contribution in [2.24, 2.45) is 0 Å². The van der Waals surface area contributed by atoms with Crippen molar-refractivity contribution in [3.63, 3.8) is 0 Å². The smallest absolute Gasteiger partial charge is 0.0918 e. The quantitative estimate of drug-likeness (QED) is 0.633. The summed E-state index contributed by atoms with van der Waals surface area (Å²) < 4.78 is 1.80. The van der Waals surface area contributed by atoms with E-state index in [2.05, 4.69) is 16.7 Å². The van der Waals surface area contributed by atoms with Gasteiger partial charge in [-0.2, -0.15) is 5.10 Å². The molecule has 12 heavy (non-hydrogen) atoms. The number of fused-ring (bicyclic) bond motifs is 1. The first-order valence-electron chi connectivity index (χ1n) is 3.74. The highest BCUT2D eigenvalue weighted by molar-refractivity contribution is 5.64. The van der Waals surface area contributed by atoms with Crippen molar-refractivity contribution in [1.29, 1.82) is 0 Å². The topological polar surface area (TPSA) is 30.2 Å². The summed E-state index contributed by atoms with van der Waals surface area (Å²) in [6.07, 6.45) is 5.38. The fourth-order valence-electron chi connectivity index (χ4n) is 1.22. The van der Waals surface area contributed by atoms with Crippen LogP contribution in [0.25, 0.3) is 11.6 Å². The lowest BCUT2D eigenvalue weighted by molar-refractivity contribution is 0.925. The van der Waals surface area contributed by atoms with Crippen LogP contribution < -0.4 is 0 Å². The van der Waals surface area contributed by atoms with Gasteiger partial charge in [-0.1, -0.05) is 6.58 Å². The summed E-state index contributed by atoms with van der Waals surface area (Å²) >= 11 is 0. The monoisotopic (exact) mass is 159 g/mol. The van der Waals surface area contributed by atoms with Crippen LogP contribution in [0.15, 0.2) is 25.0 Å². The first-order chi connectivity index (χ1) is 5.81. The number of hydrogen-bond donors (Lipinski definition) is 0. The van der Waals surface area contributed by atoms with Crippen LogP contribution in [-0.4, -0.2) is 14.6 Å². The van der Waals surface area contributed by atoms with Gasteiger partial charge in [0, 0.05) is 0 Å². The van der Waals surface area contributed by atoms with Crippen LogP contribution in [0, 0.1) is 6.92 Å². The summed E-state index contributed by atoms with van der Waals surface area (Å²) in [6.45, 7) is 5.64. The average Bonchev–Trinajstić information content (AvgIpc) is 2.50. The maximum atomic E-state index is 4.31. The van der Waals surface area contributed by atoms with Crippen molar-refractivity contribution in [2.45, 2.75) is 6.92 Å². The van der Waals surface area contributed by atoms with Gasteiger partial charge in [-0.25, -0.2) is 9.50 Å². The molecule has 0 fully saturated rings. The van der Waals surface area contributed by atoms with E-state index < -0.39 is 0 Å². The van der Waals surface area contributed by atoms with Gasteiger partial charge in [-0.05, 0) is 19.1 Å².